The van der Waals surface area contributed by atoms with Gasteiger partial charge in [-0.25, -0.2) is 0 Å². The minimum absolute atomic E-state index is 0.0247. The normalized spacial score (nSPS) is 19.8. The van der Waals surface area contributed by atoms with E-state index in [2.05, 4.69) is 12.1 Å². The number of nitrogens with zero attached hydrogens (tertiary/aromatic N) is 2. The van der Waals surface area contributed by atoms with Crippen LogP contribution >= 0.6 is 0 Å². The third kappa shape index (κ3) is 3.38. The first-order valence-corrected chi connectivity index (χ1v) is 9.79. The molecule has 0 aromatic heterocycles. The van der Waals surface area contributed by atoms with Gasteiger partial charge in [0.15, 0.2) is 0 Å². The molecule has 2 aromatic carbocycles. The summed E-state index contributed by atoms with van der Waals surface area (Å²) in [5, 5.41) is 0. The molecule has 2 aromatic rings. The van der Waals surface area contributed by atoms with Gasteiger partial charge >= 0.3 is 0 Å². The summed E-state index contributed by atoms with van der Waals surface area (Å²) in [5.41, 5.74) is 3.52. The monoisotopic (exact) mass is 372 g/mol. The van der Waals surface area contributed by atoms with Crippen LogP contribution in [0.2, 0.25) is 0 Å². The summed E-state index contributed by atoms with van der Waals surface area (Å²) in [6.45, 7) is 5.38. The second-order valence-electron chi connectivity index (χ2n) is 6.91. The van der Waals surface area contributed by atoms with Gasteiger partial charge in [-0.3, -0.25) is 9.79 Å². The van der Waals surface area contributed by atoms with Crippen LogP contribution in [0.15, 0.2) is 83.4 Å². The SMILES string of the molecule is CCN(CC)C(=O)C1=CC2=Nc3ccccc3C(Oc3ccccc3)C2C=C1. The second-order valence-corrected chi connectivity index (χ2v) is 6.91. The zero-order valence-electron chi connectivity index (χ0n) is 16.2. The molecule has 142 valence electrons. The number of para-hydroxylation sites is 2. The van der Waals surface area contributed by atoms with E-state index in [-0.39, 0.29) is 17.9 Å². The zero-order valence-corrected chi connectivity index (χ0v) is 16.2. The largest absolute Gasteiger partial charge is 0.485 e. The highest BCUT2D eigenvalue weighted by Crippen LogP contribution is 2.41. The third-order valence-corrected chi connectivity index (χ3v) is 5.25. The van der Waals surface area contributed by atoms with Crippen LogP contribution in [0, 0.1) is 5.92 Å². The van der Waals surface area contributed by atoms with Gasteiger partial charge in [-0.2, -0.15) is 0 Å². The first kappa shape index (κ1) is 18.2. The van der Waals surface area contributed by atoms with Crippen LogP contribution in [0.5, 0.6) is 5.75 Å². The average Bonchev–Trinajstić information content (AvgIpc) is 2.74. The van der Waals surface area contributed by atoms with Crippen LogP contribution in [-0.2, 0) is 4.79 Å². The lowest BCUT2D eigenvalue weighted by Crippen LogP contribution is -2.34. The number of amides is 1. The van der Waals surface area contributed by atoms with Crippen LogP contribution in [0.25, 0.3) is 0 Å². The van der Waals surface area contributed by atoms with Crippen molar-refractivity contribution in [2.45, 2.75) is 20.0 Å². The number of allylic oxidation sites excluding steroid dienone is 1. The van der Waals surface area contributed by atoms with E-state index in [9.17, 15) is 4.79 Å². The summed E-state index contributed by atoms with van der Waals surface area (Å²) in [7, 11) is 0. The van der Waals surface area contributed by atoms with Crippen molar-refractivity contribution < 1.29 is 9.53 Å². The topological polar surface area (TPSA) is 41.9 Å². The Bertz CT molecular complexity index is 956. The predicted octanol–water partition coefficient (Wildman–Crippen LogP) is 4.87. The van der Waals surface area contributed by atoms with Crippen molar-refractivity contribution in [2.24, 2.45) is 10.9 Å². The fraction of sp³-hybridized carbons (Fsp3) is 0.250. The Labute approximate surface area is 165 Å². The number of ether oxygens (including phenoxy) is 1. The maximum atomic E-state index is 12.8. The number of rotatable bonds is 5. The number of carbonyl (C=O) groups excluding carboxylic acids is 1. The molecule has 1 amide bonds. The Morgan fingerprint density at radius 3 is 2.50 bits per heavy atom. The first-order chi connectivity index (χ1) is 13.7. The highest BCUT2D eigenvalue weighted by Gasteiger charge is 2.35. The maximum absolute atomic E-state index is 12.8. The van der Waals surface area contributed by atoms with E-state index in [4.69, 9.17) is 9.73 Å². The standard InChI is InChI=1S/C24H24N2O2/c1-3-26(4-2)24(27)17-14-15-20-22(16-17)25-21-13-9-8-12-19(21)23(20)28-18-10-6-5-7-11-18/h5-16,20,23H,3-4H2,1-2H3. The second kappa shape index (κ2) is 7.85. The zero-order chi connectivity index (χ0) is 19.5. The van der Waals surface area contributed by atoms with Crippen LogP contribution < -0.4 is 4.74 Å². The number of benzene rings is 2. The summed E-state index contributed by atoms with van der Waals surface area (Å²) in [4.78, 5) is 19.4. The van der Waals surface area contributed by atoms with Crippen molar-refractivity contribution in [1.82, 2.24) is 4.90 Å². The van der Waals surface area contributed by atoms with Crippen molar-refractivity contribution in [3.63, 3.8) is 0 Å². The molecule has 2 aliphatic rings. The van der Waals surface area contributed by atoms with Gasteiger partial charge in [-0.05, 0) is 38.1 Å². The number of aliphatic imine (C=N–C) groups is 1. The molecule has 1 aliphatic carbocycles. The Kier molecular flexibility index (Phi) is 5.11. The smallest absolute Gasteiger partial charge is 0.253 e. The quantitative estimate of drug-likeness (QED) is 0.751. The lowest BCUT2D eigenvalue weighted by molar-refractivity contribution is -0.126. The first-order valence-electron chi connectivity index (χ1n) is 9.79. The third-order valence-electron chi connectivity index (χ3n) is 5.25. The molecule has 0 saturated heterocycles. The Morgan fingerprint density at radius 2 is 1.75 bits per heavy atom. The van der Waals surface area contributed by atoms with Gasteiger partial charge < -0.3 is 9.64 Å². The molecule has 2 unspecified atom stereocenters. The van der Waals surface area contributed by atoms with Crippen molar-refractivity contribution in [3.8, 4) is 5.75 Å². The maximum Gasteiger partial charge on any atom is 0.253 e. The van der Waals surface area contributed by atoms with E-state index in [0.29, 0.717) is 18.7 Å². The van der Waals surface area contributed by atoms with Crippen LogP contribution in [0.1, 0.15) is 25.5 Å². The molecule has 1 aliphatic heterocycles. The van der Waals surface area contributed by atoms with Crippen LogP contribution in [0.4, 0.5) is 5.69 Å². The summed E-state index contributed by atoms with van der Waals surface area (Å²) in [5.74, 6) is 0.844. The lowest BCUT2D eigenvalue weighted by atomic mass is 9.83. The Morgan fingerprint density at radius 1 is 1.04 bits per heavy atom. The number of fused-ring (bicyclic) bond motifs is 2. The van der Waals surface area contributed by atoms with Crippen molar-refractivity contribution >= 4 is 17.3 Å². The minimum atomic E-state index is -0.177. The van der Waals surface area contributed by atoms with Gasteiger partial charge in [0.1, 0.15) is 11.9 Å². The van der Waals surface area contributed by atoms with E-state index < -0.39 is 0 Å². The fourth-order valence-electron chi connectivity index (χ4n) is 3.74. The molecule has 4 heteroatoms. The van der Waals surface area contributed by atoms with E-state index >= 15 is 0 Å². The molecule has 2 atom stereocenters. The Balaban J connectivity index is 1.71. The molecule has 0 N–H and O–H groups in total. The number of likely N-dealkylation sites (N-methyl/N-ethyl adjacent to an activating group) is 1. The highest BCUT2D eigenvalue weighted by atomic mass is 16.5. The van der Waals surface area contributed by atoms with Gasteiger partial charge in [0.2, 0.25) is 0 Å². The van der Waals surface area contributed by atoms with Gasteiger partial charge in [0.05, 0.1) is 17.3 Å². The van der Waals surface area contributed by atoms with Crippen molar-refractivity contribution in [2.75, 3.05) is 13.1 Å². The van der Waals surface area contributed by atoms with Gasteiger partial charge in [0.25, 0.3) is 5.91 Å². The van der Waals surface area contributed by atoms with Crippen LogP contribution in [0.3, 0.4) is 0 Å². The summed E-state index contributed by atoms with van der Waals surface area (Å²) in [6.07, 6.45) is 5.71. The minimum Gasteiger partial charge on any atom is -0.485 e. The van der Waals surface area contributed by atoms with Gasteiger partial charge in [-0.1, -0.05) is 48.6 Å². The highest BCUT2D eigenvalue weighted by molar-refractivity contribution is 6.10. The molecule has 0 fully saturated rings. The molecular weight excluding hydrogens is 348 g/mol. The number of hydrogen-bond donors (Lipinski definition) is 0. The van der Waals surface area contributed by atoms with Crippen LogP contribution in [-0.4, -0.2) is 29.6 Å². The fourth-order valence-corrected chi connectivity index (χ4v) is 3.74. The van der Waals surface area contributed by atoms with E-state index in [1.54, 1.807) is 0 Å². The van der Waals surface area contributed by atoms with Crippen molar-refractivity contribution in [3.05, 3.63) is 84.0 Å². The van der Waals surface area contributed by atoms with E-state index in [1.807, 2.05) is 79.4 Å². The lowest BCUT2D eigenvalue weighted by Gasteiger charge is -2.33. The molecule has 0 spiro atoms. The molecular formula is C24H24N2O2. The molecule has 4 rings (SSSR count). The molecule has 0 radical (unpaired) electrons. The molecule has 0 saturated carbocycles. The summed E-state index contributed by atoms with van der Waals surface area (Å²) < 4.78 is 6.38. The van der Waals surface area contributed by atoms with Gasteiger partial charge in [-0.15, -0.1) is 0 Å². The summed E-state index contributed by atoms with van der Waals surface area (Å²) >= 11 is 0. The summed E-state index contributed by atoms with van der Waals surface area (Å²) in [6, 6.07) is 17.9. The predicted molar refractivity (Wildman–Crippen MR) is 112 cm³/mol. The number of carbonyl (C=O) groups is 1. The molecule has 28 heavy (non-hydrogen) atoms. The molecule has 0 bridgehead atoms. The number of hydrogen-bond acceptors (Lipinski definition) is 3. The average molecular weight is 372 g/mol. The molecule has 4 nitrogen and oxygen atoms in total. The van der Waals surface area contributed by atoms with Gasteiger partial charge in [0, 0.05) is 24.2 Å². The molecule has 1 heterocycles. The van der Waals surface area contributed by atoms with E-state index in [0.717, 1.165) is 22.7 Å². The van der Waals surface area contributed by atoms with Crippen molar-refractivity contribution in [1.29, 1.82) is 0 Å². The Hall–Kier alpha value is -3.14. The van der Waals surface area contributed by atoms with E-state index in [1.165, 1.54) is 0 Å².